The lowest BCUT2D eigenvalue weighted by molar-refractivity contribution is 0.0946. The molecule has 1 aliphatic rings. The van der Waals surface area contributed by atoms with E-state index in [0.717, 1.165) is 37.6 Å². The molecule has 1 amide bonds. The standard InChI is InChI=1S/C13H15ClFNO4S/c14-21(18,19)10-1-2-11(12(15)7-10)13(17)16-5-3-9-4-6-20-8-9/h1-2,7,9H,3-6,8H2,(H,16,17). The highest BCUT2D eigenvalue weighted by atomic mass is 35.7. The van der Waals surface area contributed by atoms with Crippen LogP contribution in [-0.2, 0) is 13.8 Å². The van der Waals surface area contributed by atoms with Gasteiger partial charge in [-0.3, -0.25) is 4.79 Å². The first-order valence-electron chi connectivity index (χ1n) is 6.48. The Morgan fingerprint density at radius 2 is 2.24 bits per heavy atom. The maximum atomic E-state index is 13.8. The van der Waals surface area contributed by atoms with Crippen molar-refractivity contribution in [1.82, 2.24) is 5.32 Å². The molecule has 0 aliphatic carbocycles. The normalized spacial score (nSPS) is 18.7. The van der Waals surface area contributed by atoms with Crippen molar-refractivity contribution in [3.63, 3.8) is 0 Å². The van der Waals surface area contributed by atoms with Gasteiger partial charge in [0, 0.05) is 30.4 Å². The van der Waals surface area contributed by atoms with Crippen LogP contribution in [0.5, 0.6) is 0 Å². The monoisotopic (exact) mass is 335 g/mol. The van der Waals surface area contributed by atoms with Gasteiger partial charge in [0.25, 0.3) is 15.0 Å². The highest BCUT2D eigenvalue weighted by Gasteiger charge is 2.18. The largest absolute Gasteiger partial charge is 0.381 e. The summed E-state index contributed by atoms with van der Waals surface area (Å²) in [5.74, 6) is -1.08. The van der Waals surface area contributed by atoms with Crippen molar-refractivity contribution in [3.8, 4) is 0 Å². The summed E-state index contributed by atoms with van der Waals surface area (Å²) >= 11 is 0. The zero-order valence-corrected chi connectivity index (χ0v) is 12.7. The molecule has 8 heteroatoms. The number of rotatable bonds is 5. The summed E-state index contributed by atoms with van der Waals surface area (Å²) in [5.41, 5.74) is -0.207. The molecule has 1 aliphatic heterocycles. The lowest BCUT2D eigenvalue weighted by atomic mass is 10.1. The van der Waals surface area contributed by atoms with Crippen molar-refractivity contribution in [2.45, 2.75) is 17.7 Å². The van der Waals surface area contributed by atoms with Crippen molar-refractivity contribution < 1.29 is 22.3 Å². The molecule has 1 aromatic carbocycles. The fourth-order valence-electron chi connectivity index (χ4n) is 2.13. The molecule has 1 unspecified atom stereocenters. The van der Waals surface area contributed by atoms with E-state index in [1.165, 1.54) is 0 Å². The molecule has 5 nitrogen and oxygen atoms in total. The Morgan fingerprint density at radius 1 is 1.48 bits per heavy atom. The number of benzene rings is 1. The fraction of sp³-hybridized carbons (Fsp3) is 0.462. The maximum absolute atomic E-state index is 13.8. The molecular formula is C13H15ClFNO4S. The Labute approximate surface area is 126 Å². The van der Waals surface area contributed by atoms with Crippen LogP contribution in [0.15, 0.2) is 23.1 Å². The van der Waals surface area contributed by atoms with Crippen LogP contribution in [-0.4, -0.2) is 34.1 Å². The molecule has 116 valence electrons. The second kappa shape index (κ2) is 6.72. The topological polar surface area (TPSA) is 72.5 Å². The second-order valence-corrected chi connectivity index (χ2v) is 7.42. The molecular weight excluding hydrogens is 321 g/mol. The van der Waals surface area contributed by atoms with Crippen molar-refractivity contribution in [2.75, 3.05) is 19.8 Å². The van der Waals surface area contributed by atoms with Gasteiger partial charge < -0.3 is 10.1 Å². The van der Waals surface area contributed by atoms with Crippen LogP contribution >= 0.6 is 10.7 Å². The quantitative estimate of drug-likeness (QED) is 0.834. The van der Waals surface area contributed by atoms with Crippen LogP contribution in [0.1, 0.15) is 23.2 Å². The first-order valence-corrected chi connectivity index (χ1v) is 8.79. The van der Waals surface area contributed by atoms with E-state index in [1.807, 2.05) is 0 Å². The van der Waals surface area contributed by atoms with Crippen molar-refractivity contribution in [1.29, 1.82) is 0 Å². The second-order valence-electron chi connectivity index (χ2n) is 4.85. The average Bonchev–Trinajstić information content (AvgIpc) is 2.90. The molecule has 0 aromatic heterocycles. The molecule has 1 fully saturated rings. The van der Waals surface area contributed by atoms with Crippen LogP contribution < -0.4 is 5.32 Å². The molecule has 1 N–H and O–H groups in total. The fourth-order valence-corrected chi connectivity index (χ4v) is 2.89. The number of amides is 1. The van der Waals surface area contributed by atoms with Crippen LogP contribution in [0.2, 0.25) is 0 Å². The van der Waals surface area contributed by atoms with Gasteiger partial charge in [0.2, 0.25) is 0 Å². The summed E-state index contributed by atoms with van der Waals surface area (Å²) in [5, 5.41) is 2.61. The van der Waals surface area contributed by atoms with Crippen LogP contribution in [0, 0.1) is 11.7 Å². The van der Waals surface area contributed by atoms with Crippen molar-refractivity contribution in [2.24, 2.45) is 5.92 Å². The van der Waals surface area contributed by atoms with E-state index in [4.69, 9.17) is 15.4 Å². The van der Waals surface area contributed by atoms with Gasteiger partial charge >= 0.3 is 0 Å². The summed E-state index contributed by atoms with van der Waals surface area (Å²) in [4.78, 5) is 11.5. The first kappa shape index (κ1) is 16.2. The van der Waals surface area contributed by atoms with E-state index in [2.05, 4.69) is 5.32 Å². The minimum atomic E-state index is -4.01. The molecule has 0 bridgehead atoms. The van der Waals surface area contributed by atoms with Gasteiger partial charge in [-0.25, -0.2) is 12.8 Å². The lowest BCUT2D eigenvalue weighted by Crippen LogP contribution is -2.27. The minimum absolute atomic E-state index is 0.207. The van der Waals surface area contributed by atoms with Gasteiger partial charge in [0.15, 0.2) is 0 Å². The number of carbonyl (C=O) groups is 1. The third-order valence-corrected chi connectivity index (χ3v) is 4.68. The summed E-state index contributed by atoms with van der Waals surface area (Å²) in [7, 11) is 1.10. The van der Waals surface area contributed by atoms with E-state index in [0.29, 0.717) is 19.1 Å². The Bertz CT molecular complexity index is 629. The number of ether oxygens (including phenoxy) is 1. The Balaban J connectivity index is 1.95. The predicted octanol–water partition coefficient (Wildman–Crippen LogP) is 1.91. The first-order chi connectivity index (χ1) is 9.88. The summed E-state index contributed by atoms with van der Waals surface area (Å²) in [6.07, 6.45) is 1.73. The molecule has 0 saturated carbocycles. The number of nitrogens with one attached hydrogen (secondary N) is 1. The van der Waals surface area contributed by atoms with Crippen molar-refractivity contribution in [3.05, 3.63) is 29.6 Å². The zero-order chi connectivity index (χ0) is 15.5. The van der Waals surface area contributed by atoms with Gasteiger partial charge in [0.1, 0.15) is 5.82 Å². The van der Waals surface area contributed by atoms with Gasteiger partial charge in [-0.1, -0.05) is 0 Å². The summed E-state index contributed by atoms with van der Waals surface area (Å²) in [6, 6.07) is 2.95. The molecule has 1 atom stereocenters. The predicted molar refractivity (Wildman–Crippen MR) is 75.3 cm³/mol. The summed E-state index contributed by atoms with van der Waals surface area (Å²) in [6.45, 7) is 1.84. The van der Waals surface area contributed by atoms with Gasteiger partial charge in [-0.15, -0.1) is 0 Å². The number of carbonyl (C=O) groups excluding carboxylic acids is 1. The van der Waals surface area contributed by atoms with E-state index in [-0.39, 0.29) is 10.5 Å². The Kier molecular flexibility index (Phi) is 5.18. The highest BCUT2D eigenvalue weighted by Crippen LogP contribution is 2.19. The SMILES string of the molecule is O=C(NCCC1CCOC1)c1ccc(S(=O)(=O)Cl)cc1F. The number of halogens is 2. The third kappa shape index (κ3) is 4.39. The number of hydrogen-bond acceptors (Lipinski definition) is 4. The zero-order valence-electron chi connectivity index (χ0n) is 11.1. The van der Waals surface area contributed by atoms with Crippen LogP contribution in [0.25, 0.3) is 0 Å². The molecule has 1 heterocycles. The van der Waals surface area contributed by atoms with E-state index in [1.54, 1.807) is 0 Å². The van der Waals surface area contributed by atoms with Crippen LogP contribution in [0.4, 0.5) is 4.39 Å². The van der Waals surface area contributed by atoms with Crippen molar-refractivity contribution >= 4 is 25.6 Å². The molecule has 0 radical (unpaired) electrons. The van der Waals surface area contributed by atoms with E-state index < -0.39 is 20.8 Å². The van der Waals surface area contributed by atoms with Gasteiger partial charge in [-0.2, -0.15) is 0 Å². The molecule has 1 aromatic rings. The molecule has 21 heavy (non-hydrogen) atoms. The summed E-state index contributed by atoms with van der Waals surface area (Å²) < 4.78 is 41.1. The van der Waals surface area contributed by atoms with Crippen LogP contribution in [0.3, 0.4) is 0 Å². The Hall–Kier alpha value is -1.18. The minimum Gasteiger partial charge on any atom is -0.381 e. The molecule has 2 rings (SSSR count). The molecule has 0 spiro atoms. The molecule has 1 saturated heterocycles. The van der Waals surface area contributed by atoms with Gasteiger partial charge in [0.05, 0.1) is 10.5 Å². The average molecular weight is 336 g/mol. The number of hydrogen-bond donors (Lipinski definition) is 1. The van der Waals surface area contributed by atoms with E-state index in [9.17, 15) is 17.6 Å². The third-order valence-electron chi connectivity index (χ3n) is 3.33. The maximum Gasteiger partial charge on any atom is 0.261 e. The van der Waals surface area contributed by atoms with E-state index >= 15 is 0 Å². The highest BCUT2D eigenvalue weighted by molar-refractivity contribution is 8.13. The Morgan fingerprint density at radius 3 is 2.81 bits per heavy atom. The lowest BCUT2D eigenvalue weighted by Gasteiger charge is -2.09. The smallest absolute Gasteiger partial charge is 0.261 e. The van der Waals surface area contributed by atoms with Gasteiger partial charge in [-0.05, 0) is 37.0 Å².